The van der Waals surface area contributed by atoms with Crippen LogP contribution in [0.25, 0.3) is 10.4 Å². The second-order valence-corrected chi connectivity index (χ2v) is 24.5. The number of fused-ring (bicyclic) bond motifs is 1. The molecule has 4 fully saturated rings. The van der Waals surface area contributed by atoms with Gasteiger partial charge in [-0.1, -0.05) is 68.8 Å². The molecule has 0 unspecified atom stereocenters. The molecule has 78 heavy (non-hydrogen) atoms. The Bertz CT molecular complexity index is 2720. The predicted molar refractivity (Wildman–Crippen MR) is 293 cm³/mol. The fraction of sp³-hybridized carbons (Fsp3) is 0.589. The van der Waals surface area contributed by atoms with Crippen LogP contribution in [0.2, 0.25) is 5.02 Å². The molecule has 4 aliphatic rings. The van der Waals surface area contributed by atoms with Crippen molar-refractivity contribution >= 4 is 70.4 Å². The quantitative estimate of drug-likeness (QED) is 0.0923. The van der Waals surface area contributed by atoms with E-state index in [-0.39, 0.29) is 74.2 Å². The maximum atomic E-state index is 14.4. The molecule has 1 saturated carbocycles. The number of benzene rings is 2. The van der Waals surface area contributed by atoms with Crippen molar-refractivity contribution in [3.63, 3.8) is 0 Å². The van der Waals surface area contributed by atoms with Gasteiger partial charge in [-0.15, -0.1) is 11.3 Å². The third-order valence-corrected chi connectivity index (χ3v) is 16.3. The molecule has 3 aromatic rings. The smallest absolute Gasteiger partial charge is 0.408 e. The number of primary amides is 1. The molecule has 7 rings (SSSR count). The van der Waals surface area contributed by atoms with Gasteiger partial charge in [-0.2, -0.15) is 0 Å². The maximum Gasteiger partial charge on any atom is 0.408 e. The summed E-state index contributed by atoms with van der Waals surface area (Å²) < 4.78 is 11.6. The summed E-state index contributed by atoms with van der Waals surface area (Å²) in [5.41, 5.74) is 8.80. The van der Waals surface area contributed by atoms with Gasteiger partial charge < -0.3 is 56.3 Å². The van der Waals surface area contributed by atoms with Crippen LogP contribution in [0.15, 0.2) is 48.0 Å². The molecular weight excluding hydrogens is 1040 g/mol. The van der Waals surface area contributed by atoms with Gasteiger partial charge in [0.25, 0.3) is 0 Å². The van der Waals surface area contributed by atoms with Crippen LogP contribution in [0, 0.1) is 12.3 Å². The molecule has 3 saturated heterocycles. The largest absolute Gasteiger partial charge is 0.490 e. The Kier molecular flexibility index (Phi) is 18.9. The second-order valence-electron chi connectivity index (χ2n) is 23.2. The van der Waals surface area contributed by atoms with Crippen molar-refractivity contribution in [2.45, 2.75) is 180 Å². The van der Waals surface area contributed by atoms with E-state index in [2.05, 4.69) is 26.3 Å². The number of aliphatic hydroxyl groups excluding tert-OH is 1. The second kappa shape index (κ2) is 24.8. The third-order valence-electron chi connectivity index (χ3n) is 14.9. The standard InChI is InChI=1S/C56H76ClN9O11S/c1-32-47(78-31-59-32)35-15-17-36(18-16-35)56(24-25-56)63-50(72)42-27-39(68)28-65(42)52(74)48(54(3,4)5)62-45(70)14-10-12-34-11-9-13-43(46(34)57)76-30-37(19-22-44(58)69)60-49(71)41-21-20-38-23-26-64(33(2)67)29-40(51(73)66(38)41)61-53(75)77-55(6,7)8/h9,11,13,15-18,31,37-42,48,68H,10,12,14,19-30H2,1-8H3,(H2,58,69)(H,60,71)(H,61,75)(H,62,70)(H,63,72)/t37-,38+,39+,40-,41-,42-,48+/m0/s1. The molecule has 1 aliphatic carbocycles. The van der Waals surface area contributed by atoms with Crippen molar-refractivity contribution in [1.29, 1.82) is 0 Å². The summed E-state index contributed by atoms with van der Waals surface area (Å²) in [7, 11) is 0. The Morgan fingerprint density at radius 1 is 0.936 bits per heavy atom. The Labute approximate surface area is 465 Å². The number of nitrogens with zero attached hydrogens (tertiary/aromatic N) is 4. The fourth-order valence-corrected chi connectivity index (χ4v) is 11.7. The van der Waals surface area contributed by atoms with E-state index in [1.165, 1.54) is 21.6 Å². The van der Waals surface area contributed by atoms with Crippen LogP contribution in [0.5, 0.6) is 5.75 Å². The van der Waals surface area contributed by atoms with Gasteiger partial charge in [-0.25, -0.2) is 9.78 Å². The number of aromatic nitrogens is 1. The van der Waals surface area contributed by atoms with E-state index in [1.54, 1.807) is 50.3 Å². The first kappa shape index (κ1) is 59.3. The molecule has 0 spiro atoms. The molecule has 3 aliphatic heterocycles. The van der Waals surface area contributed by atoms with E-state index >= 15 is 0 Å². The zero-order valence-corrected chi connectivity index (χ0v) is 47.5. The van der Waals surface area contributed by atoms with Crippen molar-refractivity contribution in [1.82, 2.24) is 41.0 Å². The minimum Gasteiger partial charge on any atom is -0.490 e. The highest BCUT2D eigenvalue weighted by Crippen LogP contribution is 2.46. The molecule has 2 aromatic carbocycles. The summed E-state index contributed by atoms with van der Waals surface area (Å²) in [6.45, 7) is 14.0. The first-order valence-electron chi connectivity index (χ1n) is 26.9. The SMILES string of the molecule is CC(=O)N1CC[C@H]2CC[C@@H](C(=O)N[C@@H](CCC(N)=O)COc3cccc(CCCC(=O)N[C@H](C(=O)N4C[C@H](O)C[C@H]4C(=O)NC4(c5ccc(-c6scnc6C)cc5)CC4)C(C)(C)C)c3Cl)N2C(=O)[C@@H](NC(=O)OC(C)(C)C)C1. The summed E-state index contributed by atoms with van der Waals surface area (Å²) in [5.74, 6) is -2.76. The summed E-state index contributed by atoms with van der Waals surface area (Å²) >= 11 is 8.47. The number of nitrogens with two attached hydrogens (primary N) is 1. The van der Waals surface area contributed by atoms with Gasteiger partial charge in [0, 0.05) is 45.3 Å². The molecule has 8 amide bonds. The minimum atomic E-state index is -1.18. The molecule has 424 valence electrons. The molecule has 4 heterocycles. The van der Waals surface area contributed by atoms with E-state index in [4.69, 9.17) is 26.8 Å². The van der Waals surface area contributed by atoms with E-state index < -0.39 is 82.6 Å². The Morgan fingerprint density at radius 3 is 2.28 bits per heavy atom. The van der Waals surface area contributed by atoms with Crippen LogP contribution < -0.4 is 31.7 Å². The molecule has 0 bridgehead atoms. The number of nitrogens with one attached hydrogen (secondary N) is 4. The lowest BCUT2D eigenvalue weighted by Crippen LogP contribution is -2.61. The van der Waals surface area contributed by atoms with Crippen LogP contribution in [0.1, 0.15) is 129 Å². The number of halogens is 1. The van der Waals surface area contributed by atoms with Gasteiger partial charge in [-0.3, -0.25) is 33.6 Å². The minimum absolute atomic E-state index is 0.0350. The topological polar surface area (TPSA) is 272 Å². The van der Waals surface area contributed by atoms with E-state index in [0.29, 0.717) is 50.0 Å². The molecule has 1 aromatic heterocycles. The molecule has 20 nitrogen and oxygen atoms in total. The number of carbonyl (C=O) groups is 8. The van der Waals surface area contributed by atoms with Crippen LogP contribution >= 0.6 is 22.9 Å². The van der Waals surface area contributed by atoms with E-state index in [1.807, 2.05) is 57.5 Å². The third kappa shape index (κ3) is 14.9. The van der Waals surface area contributed by atoms with E-state index in [0.717, 1.165) is 34.5 Å². The number of thiazole rings is 1. The van der Waals surface area contributed by atoms with Crippen molar-refractivity contribution < 1.29 is 52.9 Å². The number of alkyl carbamates (subject to hydrolysis) is 1. The fourth-order valence-electron chi connectivity index (χ4n) is 10.6. The highest BCUT2D eigenvalue weighted by molar-refractivity contribution is 7.13. The monoisotopic (exact) mass is 1120 g/mol. The number of rotatable bonds is 19. The van der Waals surface area contributed by atoms with Gasteiger partial charge in [0.05, 0.1) is 45.3 Å². The first-order chi connectivity index (χ1) is 36.7. The van der Waals surface area contributed by atoms with Gasteiger partial charge >= 0.3 is 6.09 Å². The van der Waals surface area contributed by atoms with Crippen LogP contribution in [0.3, 0.4) is 0 Å². The zero-order valence-electron chi connectivity index (χ0n) is 45.9. The molecule has 7 atom stereocenters. The number of likely N-dealkylation sites (tertiary alicyclic amines) is 1. The average Bonchev–Trinajstić information content (AvgIpc) is 3.63. The Hall–Kier alpha value is -6.32. The van der Waals surface area contributed by atoms with Crippen molar-refractivity contribution in [3.8, 4) is 16.2 Å². The van der Waals surface area contributed by atoms with Gasteiger partial charge in [0.2, 0.25) is 41.4 Å². The number of carbonyl (C=O) groups excluding carboxylic acids is 8. The number of hydrogen-bond acceptors (Lipinski definition) is 13. The number of amides is 8. The van der Waals surface area contributed by atoms with Crippen molar-refractivity contribution in [3.05, 3.63) is 69.8 Å². The van der Waals surface area contributed by atoms with Gasteiger partial charge in [-0.05, 0) is 107 Å². The predicted octanol–water partition coefficient (Wildman–Crippen LogP) is 5.03. The summed E-state index contributed by atoms with van der Waals surface area (Å²) in [5, 5.41) is 22.8. The lowest BCUT2D eigenvalue weighted by Gasteiger charge is -2.38. The molecule has 7 N–H and O–H groups in total. The summed E-state index contributed by atoms with van der Waals surface area (Å²) in [4.78, 5) is 118. The first-order valence-corrected chi connectivity index (χ1v) is 28.2. The zero-order chi connectivity index (χ0) is 56.9. The Balaban J connectivity index is 0.941. The average molecular weight is 1120 g/mol. The van der Waals surface area contributed by atoms with Gasteiger partial charge in [0.15, 0.2) is 0 Å². The van der Waals surface area contributed by atoms with Crippen molar-refractivity contribution in [2.24, 2.45) is 11.1 Å². The molecule has 22 heteroatoms. The number of aliphatic hydroxyl groups is 1. The summed E-state index contributed by atoms with van der Waals surface area (Å²) in [6, 6.07) is 8.12. The van der Waals surface area contributed by atoms with Crippen LogP contribution in [-0.2, 0) is 50.3 Å². The molecular formula is C56H76ClN9O11S. The number of ether oxygens (including phenoxy) is 2. The number of β-amino-alcohol motifs (C(OH)–C–C–N with tert-alkyl or cyclic N) is 1. The van der Waals surface area contributed by atoms with Crippen LogP contribution in [0.4, 0.5) is 4.79 Å². The highest BCUT2D eigenvalue weighted by atomic mass is 35.5. The van der Waals surface area contributed by atoms with Gasteiger partial charge in [0.1, 0.15) is 42.1 Å². The maximum absolute atomic E-state index is 14.4. The Morgan fingerprint density at radius 2 is 1.65 bits per heavy atom. The summed E-state index contributed by atoms with van der Waals surface area (Å²) in [6.07, 6.45) is 1.79. The van der Waals surface area contributed by atoms with E-state index in [9.17, 15) is 43.5 Å². The lowest BCUT2D eigenvalue weighted by molar-refractivity contribution is -0.145. The molecule has 0 radical (unpaired) electrons. The normalized spacial score (nSPS) is 21.8. The van der Waals surface area contributed by atoms with Crippen LogP contribution in [-0.4, -0.2) is 146 Å². The lowest BCUT2D eigenvalue weighted by atomic mass is 9.85. The number of hydrogen-bond donors (Lipinski definition) is 6. The number of aryl methyl sites for hydroxylation is 2. The highest BCUT2D eigenvalue weighted by Gasteiger charge is 2.51. The van der Waals surface area contributed by atoms with Crippen molar-refractivity contribution in [2.75, 3.05) is 26.2 Å².